The Morgan fingerprint density at radius 2 is 2.09 bits per heavy atom. The molecular weight excluding hydrogens is 314 g/mol. The molecule has 1 aliphatic rings. The maximum atomic E-state index is 13.1. The van der Waals surface area contributed by atoms with Crippen molar-refractivity contribution in [3.8, 4) is 0 Å². The maximum Gasteiger partial charge on any atom is 0.234 e. The van der Waals surface area contributed by atoms with E-state index in [-0.39, 0.29) is 36.5 Å². The minimum absolute atomic E-state index is 0.0222. The van der Waals surface area contributed by atoms with Gasteiger partial charge >= 0.3 is 0 Å². The second kappa shape index (κ2) is 6.70. The van der Waals surface area contributed by atoms with Gasteiger partial charge in [0.15, 0.2) is 21.5 Å². The number of nitrogens with zero attached hydrogens (tertiary/aromatic N) is 1. The van der Waals surface area contributed by atoms with Crippen molar-refractivity contribution >= 4 is 15.7 Å². The van der Waals surface area contributed by atoms with Crippen LogP contribution < -0.4 is 5.32 Å². The largest absolute Gasteiger partial charge is 0.351 e. The summed E-state index contributed by atoms with van der Waals surface area (Å²) in [6, 6.07) is 3.25. The lowest BCUT2D eigenvalue weighted by Crippen LogP contribution is -2.41. The quantitative estimate of drug-likeness (QED) is 0.862. The van der Waals surface area contributed by atoms with E-state index < -0.39 is 21.5 Å². The predicted octanol–water partition coefficient (Wildman–Crippen LogP) is 0.700. The van der Waals surface area contributed by atoms with E-state index >= 15 is 0 Å². The lowest BCUT2D eigenvalue weighted by atomic mass is 10.2. The Balaban J connectivity index is 1.82. The minimum Gasteiger partial charge on any atom is -0.351 e. The Bertz CT molecular complexity index is 664. The second-order valence-electron chi connectivity index (χ2n) is 5.59. The van der Waals surface area contributed by atoms with Gasteiger partial charge in [-0.05, 0) is 31.2 Å². The van der Waals surface area contributed by atoms with E-state index in [9.17, 15) is 22.0 Å². The molecule has 0 saturated carbocycles. The highest BCUT2D eigenvalue weighted by atomic mass is 32.2. The van der Waals surface area contributed by atoms with Crippen molar-refractivity contribution in [2.24, 2.45) is 0 Å². The number of benzene rings is 1. The molecule has 2 rings (SSSR count). The molecule has 122 valence electrons. The molecule has 1 aromatic rings. The number of rotatable bonds is 5. The number of hydrogen-bond acceptors (Lipinski definition) is 4. The zero-order valence-corrected chi connectivity index (χ0v) is 13.0. The van der Waals surface area contributed by atoms with Crippen LogP contribution in [-0.4, -0.2) is 50.4 Å². The smallest absolute Gasteiger partial charge is 0.234 e. The molecule has 1 saturated heterocycles. The van der Waals surface area contributed by atoms with Gasteiger partial charge < -0.3 is 5.32 Å². The third-order valence-corrected chi connectivity index (χ3v) is 5.22. The summed E-state index contributed by atoms with van der Waals surface area (Å²) >= 11 is 0. The monoisotopic (exact) mass is 332 g/mol. The van der Waals surface area contributed by atoms with Crippen LogP contribution in [0.2, 0.25) is 0 Å². The molecule has 0 spiro atoms. The van der Waals surface area contributed by atoms with Gasteiger partial charge in [-0.15, -0.1) is 0 Å². The summed E-state index contributed by atoms with van der Waals surface area (Å²) in [6.07, 6.45) is 0.432. The van der Waals surface area contributed by atoms with Crippen LogP contribution in [-0.2, 0) is 21.2 Å². The summed E-state index contributed by atoms with van der Waals surface area (Å²) in [4.78, 5) is 13.5. The third kappa shape index (κ3) is 4.74. The van der Waals surface area contributed by atoms with Crippen LogP contribution in [0.5, 0.6) is 0 Å². The van der Waals surface area contributed by atoms with Crippen LogP contribution in [0.4, 0.5) is 8.78 Å². The Kier molecular flexibility index (Phi) is 5.12. The average Bonchev–Trinajstić information content (AvgIpc) is 2.72. The van der Waals surface area contributed by atoms with Crippen LogP contribution in [0.3, 0.4) is 0 Å². The number of carbonyl (C=O) groups excluding carboxylic acids is 1. The molecule has 22 heavy (non-hydrogen) atoms. The van der Waals surface area contributed by atoms with Gasteiger partial charge in [-0.3, -0.25) is 9.69 Å². The average molecular weight is 332 g/mol. The highest BCUT2D eigenvalue weighted by Gasteiger charge is 2.28. The zero-order chi connectivity index (χ0) is 16.3. The molecule has 1 N–H and O–H groups in total. The fourth-order valence-electron chi connectivity index (χ4n) is 2.43. The van der Waals surface area contributed by atoms with Gasteiger partial charge in [-0.25, -0.2) is 17.2 Å². The van der Waals surface area contributed by atoms with E-state index in [2.05, 4.69) is 5.32 Å². The highest BCUT2D eigenvalue weighted by Crippen LogP contribution is 2.12. The normalized spacial score (nSPS) is 20.3. The van der Waals surface area contributed by atoms with Crippen LogP contribution >= 0.6 is 0 Å². The van der Waals surface area contributed by atoms with E-state index in [4.69, 9.17) is 0 Å². The van der Waals surface area contributed by atoms with E-state index in [1.807, 2.05) is 0 Å². The number of carbonyl (C=O) groups is 1. The van der Waals surface area contributed by atoms with Crippen molar-refractivity contribution in [3.63, 3.8) is 0 Å². The summed E-state index contributed by atoms with van der Waals surface area (Å²) in [6.45, 7) is 0.336. The van der Waals surface area contributed by atoms with E-state index in [1.165, 1.54) is 6.07 Å². The minimum atomic E-state index is -3.03. The van der Waals surface area contributed by atoms with Crippen LogP contribution in [0.25, 0.3) is 0 Å². The van der Waals surface area contributed by atoms with Gasteiger partial charge in [-0.1, -0.05) is 6.07 Å². The van der Waals surface area contributed by atoms with E-state index in [1.54, 1.807) is 11.9 Å². The van der Waals surface area contributed by atoms with E-state index in [0.29, 0.717) is 12.0 Å². The van der Waals surface area contributed by atoms with Crippen LogP contribution in [0.1, 0.15) is 12.0 Å². The first-order valence-electron chi connectivity index (χ1n) is 6.87. The van der Waals surface area contributed by atoms with Crippen molar-refractivity contribution in [2.45, 2.75) is 19.0 Å². The molecule has 0 bridgehead atoms. The van der Waals surface area contributed by atoms with Crippen LogP contribution in [0.15, 0.2) is 18.2 Å². The summed E-state index contributed by atoms with van der Waals surface area (Å²) in [5.41, 5.74) is 0.553. The lowest BCUT2D eigenvalue weighted by molar-refractivity contribution is -0.122. The van der Waals surface area contributed by atoms with Gasteiger partial charge in [0.1, 0.15) is 0 Å². The van der Waals surface area contributed by atoms with Gasteiger partial charge in [0.25, 0.3) is 0 Å². The van der Waals surface area contributed by atoms with Crippen LogP contribution in [0, 0.1) is 11.6 Å². The Hall–Kier alpha value is -1.54. The third-order valence-electron chi connectivity index (χ3n) is 3.45. The van der Waals surface area contributed by atoms with Crippen molar-refractivity contribution in [1.82, 2.24) is 10.2 Å². The maximum absolute atomic E-state index is 13.1. The SMILES string of the molecule is CN(CC(=O)NC1CCS(=O)(=O)C1)Cc1ccc(F)c(F)c1. The molecule has 1 fully saturated rings. The summed E-state index contributed by atoms with van der Waals surface area (Å²) in [7, 11) is -1.36. The van der Waals surface area contributed by atoms with Gasteiger partial charge in [-0.2, -0.15) is 0 Å². The summed E-state index contributed by atoms with van der Waals surface area (Å²) < 4.78 is 48.6. The lowest BCUT2D eigenvalue weighted by Gasteiger charge is -2.18. The number of nitrogens with one attached hydrogen (secondary N) is 1. The first-order chi connectivity index (χ1) is 10.2. The summed E-state index contributed by atoms with van der Waals surface area (Å²) in [5.74, 6) is -2.04. The zero-order valence-electron chi connectivity index (χ0n) is 12.2. The molecule has 1 amide bonds. The molecule has 1 unspecified atom stereocenters. The molecule has 0 aromatic heterocycles. The summed E-state index contributed by atoms with van der Waals surface area (Å²) in [5, 5.41) is 2.68. The van der Waals surface area contributed by atoms with Gasteiger partial charge in [0.05, 0.1) is 18.1 Å². The topological polar surface area (TPSA) is 66.5 Å². The highest BCUT2D eigenvalue weighted by molar-refractivity contribution is 7.91. The standard InChI is InChI=1S/C14H18F2N2O3S/c1-18(7-10-2-3-12(15)13(16)6-10)8-14(19)17-11-4-5-22(20,21)9-11/h2-3,6,11H,4-5,7-9H2,1H3,(H,17,19). The molecule has 1 aliphatic heterocycles. The van der Waals surface area contributed by atoms with E-state index in [0.717, 1.165) is 12.1 Å². The molecule has 0 radical (unpaired) electrons. The number of halogens is 2. The fraction of sp³-hybridized carbons (Fsp3) is 0.500. The Morgan fingerprint density at radius 3 is 2.68 bits per heavy atom. The number of likely N-dealkylation sites (N-methyl/N-ethyl adjacent to an activating group) is 1. The van der Waals surface area contributed by atoms with Crippen molar-refractivity contribution in [2.75, 3.05) is 25.1 Å². The first-order valence-corrected chi connectivity index (χ1v) is 8.69. The van der Waals surface area contributed by atoms with Crippen molar-refractivity contribution in [3.05, 3.63) is 35.4 Å². The fourth-order valence-corrected chi connectivity index (χ4v) is 4.11. The van der Waals surface area contributed by atoms with Gasteiger partial charge in [0, 0.05) is 12.6 Å². The van der Waals surface area contributed by atoms with Crippen molar-refractivity contribution in [1.29, 1.82) is 0 Å². The molecule has 5 nitrogen and oxygen atoms in total. The molecule has 1 aromatic carbocycles. The Morgan fingerprint density at radius 1 is 1.36 bits per heavy atom. The number of hydrogen-bond donors (Lipinski definition) is 1. The number of sulfone groups is 1. The van der Waals surface area contributed by atoms with Gasteiger partial charge in [0.2, 0.25) is 5.91 Å². The molecule has 8 heteroatoms. The number of amides is 1. The predicted molar refractivity (Wildman–Crippen MR) is 77.9 cm³/mol. The van der Waals surface area contributed by atoms with Crippen molar-refractivity contribution < 1.29 is 22.0 Å². The second-order valence-corrected chi connectivity index (χ2v) is 7.82. The molecular formula is C14H18F2N2O3S. The molecule has 1 atom stereocenters. The Labute approximate surface area is 128 Å². The molecule has 1 heterocycles. The first kappa shape index (κ1) is 16.8. The molecule has 0 aliphatic carbocycles.